The molecule has 0 unspecified atom stereocenters. The van der Waals surface area contributed by atoms with Gasteiger partial charge >= 0.3 is 6.03 Å². The number of rotatable bonds is 1. The fourth-order valence-corrected chi connectivity index (χ4v) is 0.831. The molecule has 2 rings (SSSR count). The predicted molar refractivity (Wildman–Crippen MR) is 66.5 cm³/mol. The Morgan fingerprint density at radius 2 is 1.67 bits per heavy atom. The number of phenols is 1. The van der Waals surface area contributed by atoms with Crippen molar-refractivity contribution in [2.75, 3.05) is 0 Å². The Bertz CT molecular complexity index is 411. The fraction of sp³-hybridized carbons (Fsp3) is 0.0833. The first-order valence-corrected chi connectivity index (χ1v) is 4.98. The average molecular weight is 252 g/mol. The normalized spacial score (nSPS) is 8.28. The van der Waals surface area contributed by atoms with Crippen molar-refractivity contribution in [2.45, 2.75) is 6.61 Å². The van der Waals surface area contributed by atoms with Gasteiger partial charge in [-0.05, 0) is 24.3 Å². The van der Waals surface area contributed by atoms with Crippen LogP contribution in [-0.4, -0.2) is 16.2 Å². The molecule has 0 atom stereocenters. The van der Waals surface area contributed by atoms with Gasteiger partial charge in [-0.25, -0.2) is 4.79 Å². The van der Waals surface area contributed by atoms with E-state index in [2.05, 4.69) is 11.5 Å². The SMILES string of the molecule is NC(N)=O.OCc1ccco1.Oc1ccccc1. The van der Waals surface area contributed by atoms with Gasteiger partial charge < -0.3 is 26.1 Å². The average Bonchev–Trinajstić information content (AvgIpc) is 2.83. The molecule has 0 aliphatic rings. The van der Waals surface area contributed by atoms with E-state index in [1.165, 1.54) is 6.26 Å². The highest BCUT2D eigenvalue weighted by atomic mass is 16.4. The van der Waals surface area contributed by atoms with Crippen LogP contribution in [0.2, 0.25) is 0 Å². The van der Waals surface area contributed by atoms with E-state index in [1.54, 1.807) is 36.4 Å². The van der Waals surface area contributed by atoms with Crippen molar-refractivity contribution in [1.82, 2.24) is 0 Å². The van der Waals surface area contributed by atoms with Crippen LogP contribution in [0.15, 0.2) is 53.1 Å². The Morgan fingerprint density at radius 3 is 1.89 bits per heavy atom. The van der Waals surface area contributed by atoms with E-state index in [0.717, 1.165) is 0 Å². The third kappa shape index (κ3) is 10.1. The molecule has 2 aromatic rings. The first-order valence-electron chi connectivity index (χ1n) is 4.98. The Kier molecular flexibility index (Phi) is 8.40. The standard InChI is InChI=1S/C6H6O.C5H6O2.CH4N2O/c7-6-4-2-1-3-5-6;6-4-5-2-1-3-7-5;2-1(3)4/h1-5,7H;1-3,6H,4H2;(H4,2,3,4). The number of carbonyl (C=O) groups is 1. The maximum atomic E-state index is 9.00. The molecule has 1 heterocycles. The van der Waals surface area contributed by atoms with Crippen LogP contribution in [0, 0.1) is 0 Å². The topological polar surface area (TPSA) is 123 Å². The first kappa shape index (κ1) is 15.5. The van der Waals surface area contributed by atoms with Crippen LogP contribution in [0.25, 0.3) is 0 Å². The van der Waals surface area contributed by atoms with Gasteiger partial charge in [0.1, 0.15) is 18.1 Å². The van der Waals surface area contributed by atoms with E-state index >= 15 is 0 Å². The molecule has 2 amide bonds. The van der Waals surface area contributed by atoms with Gasteiger partial charge in [-0.1, -0.05) is 18.2 Å². The summed E-state index contributed by atoms with van der Waals surface area (Å²) in [5, 5.41) is 17.0. The van der Waals surface area contributed by atoms with Crippen LogP contribution in [-0.2, 0) is 6.61 Å². The molecule has 1 aromatic heterocycles. The molecule has 18 heavy (non-hydrogen) atoms. The molecule has 6 N–H and O–H groups in total. The number of furan rings is 1. The molecular weight excluding hydrogens is 236 g/mol. The largest absolute Gasteiger partial charge is 0.508 e. The molecule has 0 bridgehead atoms. The van der Waals surface area contributed by atoms with Gasteiger partial charge in [0.2, 0.25) is 0 Å². The number of aromatic hydroxyl groups is 1. The van der Waals surface area contributed by atoms with E-state index in [-0.39, 0.29) is 6.61 Å². The zero-order valence-corrected chi connectivity index (χ0v) is 9.69. The summed E-state index contributed by atoms with van der Waals surface area (Å²) in [6.45, 7) is -0.00694. The molecule has 0 aliphatic carbocycles. The van der Waals surface area contributed by atoms with Crippen LogP contribution < -0.4 is 11.5 Å². The highest BCUT2D eigenvalue weighted by Crippen LogP contribution is 2.02. The Balaban J connectivity index is 0.000000253. The summed E-state index contributed by atoms with van der Waals surface area (Å²) in [6.07, 6.45) is 1.53. The van der Waals surface area contributed by atoms with Crippen LogP contribution in [0.1, 0.15) is 5.76 Å². The van der Waals surface area contributed by atoms with Crippen LogP contribution in [0.5, 0.6) is 5.75 Å². The lowest BCUT2D eigenvalue weighted by molar-refractivity contribution is 0.247. The maximum Gasteiger partial charge on any atom is 0.309 e. The summed E-state index contributed by atoms with van der Waals surface area (Å²) < 4.78 is 4.73. The second-order valence-electron chi connectivity index (χ2n) is 2.98. The number of hydrogen-bond acceptors (Lipinski definition) is 4. The molecule has 1 aromatic carbocycles. The summed E-state index contributed by atoms with van der Waals surface area (Å²) >= 11 is 0. The van der Waals surface area contributed by atoms with Crippen molar-refractivity contribution < 1.29 is 19.4 Å². The zero-order chi connectivity index (χ0) is 13.8. The summed E-state index contributed by atoms with van der Waals surface area (Å²) in [6, 6.07) is 11.3. The minimum Gasteiger partial charge on any atom is -0.508 e. The van der Waals surface area contributed by atoms with Crippen molar-refractivity contribution in [3.8, 4) is 5.75 Å². The van der Waals surface area contributed by atoms with E-state index < -0.39 is 6.03 Å². The fourth-order valence-electron chi connectivity index (χ4n) is 0.831. The second-order valence-corrected chi connectivity index (χ2v) is 2.98. The Labute approximate surface area is 104 Å². The number of urea groups is 1. The van der Waals surface area contributed by atoms with Crippen molar-refractivity contribution in [3.05, 3.63) is 54.5 Å². The van der Waals surface area contributed by atoms with Crippen molar-refractivity contribution in [1.29, 1.82) is 0 Å². The molecule has 0 saturated heterocycles. The zero-order valence-electron chi connectivity index (χ0n) is 9.69. The molecule has 6 heteroatoms. The number of benzene rings is 1. The molecule has 6 nitrogen and oxygen atoms in total. The molecule has 0 aliphatic heterocycles. The van der Waals surface area contributed by atoms with Crippen molar-refractivity contribution >= 4 is 6.03 Å². The van der Waals surface area contributed by atoms with E-state index in [9.17, 15) is 0 Å². The lowest BCUT2D eigenvalue weighted by atomic mass is 10.3. The molecule has 98 valence electrons. The molecule has 0 spiro atoms. The van der Waals surface area contributed by atoms with Crippen LogP contribution in [0.4, 0.5) is 4.79 Å². The molecule has 0 saturated carbocycles. The van der Waals surface area contributed by atoms with Gasteiger partial charge in [-0.15, -0.1) is 0 Å². The number of phenolic OH excluding ortho intramolecular Hbond substituents is 1. The summed E-state index contributed by atoms with van der Waals surface area (Å²) in [5.74, 6) is 0.933. The summed E-state index contributed by atoms with van der Waals surface area (Å²) in [5.41, 5.74) is 8.50. The number of carbonyl (C=O) groups excluding carboxylic acids is 1. The Morgan fingerprint density at radius 1 is 1.11 bits per heavy atom. The molecule has 0 radical (unpaired) electrons. The highest BCUT2D eigenvalue weighted by Gasteiger charge is 1.85. The lowest BCUT2D eigenvalue weighted by Gasteiger charge is -1.82. The monoisotopic (exact) mass is 252 g/mol. The summed E-state index contributed by atoms with van der Waals surface area (Å²) in [4.78, 5) is 9.00. The number of hydrogen-bond donors (Lipinski definition) is 4. The van der Waals surface area contributed by atoms with Crippen molar-refractivity contribution in [2.24, 2.45) is 11.5 Å². The van der Waals surface area contributed by atoms with Gasteiger partial charge in [0.25, 0.3) is 0 Å². The van der Waals surface area contributed by atoms with Crippen molar-refractivity contribution in [3.63, 3.8) is 0 Å². The smallest absolute Gasteiger partial charge is 0.309 e. The minimum atomic E-state index is -0.833. The first-order chi connectivity index (χ1) is 8.56. The third-order valence-electron chi connectivity index (χ3n) is 1.49. The number of amides is 2. The molecule has 0 fully saturated rings. The van der Waals surface area contributed by atoms with Gasteiger partial charge in [0, 0.05) is 0 Å². The number of primary amides is 2. The minimum absolute atomic E-state index is 0.00694. The van der Waals surface area contributed by atoms with Crippen LogP contribution in [0.3, 0.4) is 0 Å². The maximum absolute atomic E-state index is 9.00. The second kappa shape index (κ2) is 9.73. The quantitative estimate of drug-likeness (QED) is 0.608. The van der Waals surface area contributed by atoms with Gasteiger partial charge in [-0.2, -0.15) is 0 Å². The highest BCUT2D eigenvalue weighted by molar-refractivity contribution is 5.69. The molecular formula is C12H16N2O4. The van der Waals surface area contributed by atoms with E-state index in [4.69, 9.17) is 19.4 Å². The van der Waals surface area contributed by atoms with Gasteiger partial charge in [-0.3, -0.25) is 0 Å². The third-order valence-corrected chi connectivity index (χ3v) is 1.49. The summed E-state index contributed by atoms with van der Waals surface area (Å²) in [7, 11) is 0. The predicted octanol–water partition coefficient (Wildman–Crippen LogP) is 1.19. The van der Waals surface area contributed by atoms with Crippen LogP contribution >= 0.6 is 0 Å². The van der Waals surface area contributed by atoms with Gasteiger partial charge in [0.15, 0.2) is 0 Å². The number of para-hydroxylation sites is 1. The Hall–Kier alpha value is -2.47. The van der Waals surface area contributed by atoms with E-state index in [0.29, 0.717) is 11.5 Å². The van der Waals surface area contributed by atoms with E-state index in [1.807, 2.05) is 6.07 Å². The lowest BCUT2D eigenvalue weighted by Crippen LogP contribution is -2.18. The number of nitrogens with two attached hydrogens (primary N) is 2. The number of aliphatic hydroxyl groups excluding tert-OH is 1. The number of aliphatic hydroxyl groups is 1. The van der Waals surface area contributed by atoms with Gasteiger partial charge in [0.05, 0.1) is 6.26 Å².